The fourth-order valence-corrected chi connectivity index (χ4v) is 3.16. The van der Waals surface area contributed by atoms with Crippen molar-refractivity contribution in [1.82, 2.24) is 4.72 Å². The molecule has 1 N–H and O–H groups in total. The molecule has 17 heavy (non-hydrogen) atoms. The highest BCUT2D eigenvalue weighted by Gasteiger charge is 2.29. The first-order chi connectivity index (χ1) is 8.06. The largest absolute Gasteiger partial charge is 0.495 e. The summed E-state index contributed by atoms with van der Waals surface area (Å²) in [7, 11) is -1.96. The molecule has 0 bridgehead atoms. The summed E-state index contributed by atoms with van der Waals surface area (Å²) in [5, 5.41) is 0. The quantitative estimate of drug-likeness (QED) is 0.871. The van der Waals surface area contributed by atoms with Gasteiger partial charge in [0.05, 0.1) is 7.11 Å². The van der Waals surface area contributed by atoms with Gasteiger partial charge in [-0.25, -0.2) is 13.1 Å². The van der Waals surface area contributed by atoms with Crippen molar-refractivity contribution in [2.45, 2.75) is 37.1 Å². The van der Waals surface area contributed by atoms with Crippen LogP contribution in [0.25, 0.3) is 0 Å². The summed E-state index contributed by atoms with van der Waals surface area (Å²) in [6.45, 7) is 1.99. The van der Waals surface area contributed by atoms with Crippen molar-refractivity contribution in [2.75, 3.05) is 7.11 Å². The van der Waals surface area contributed by atoms with E-state index in [1.165, 1.54) is 7.11 Å². The van der Waals surface area contributed by atoms with Crippen molar-refractivity contribution in [3.63, 3.8) is 0 Å². The number of aryl methyl sites for hydroxylation is 1. The lowest BCUT2D eigenvalue weighted by atomic mass is 10.2. The summed E-state index contributed by atoms with van der Waals surface area (Å²) in [5.74, 6) is 0.398. The molecule has 4 nitrogen and oxygen atoms in total. The Labute approximate surface area is 102 Å². The van der Waals surface area contributed by atoms with E-state index in [9.17, 15) is 8.42 Å². The molecule has 2 rings (SSSR count). The molecule has 0 radical (unpaired) electrons. The lowest BCUT2D eigenvalue weighted by Gasteiger charge is -2.11. The second kappa shape index (κ2) is 4.66. The molecule has 0 atom stereocenters. The van der Waals surface area contributed by atoms with E-state index in [0.29, 0.717) is 5.75 Å². The van der Waals surface area contributed by atoms with E-state index in [0.717, 1.165) is 24.8 Å². The SMILES string of the molecule is CCc1ccc(OC)c(S(=O)(=O)NC2CC2)c1. The number of sulfonamides is 1. The second-order valence-electron chi connectivity index (χ2n) is 4.23. The van der Waals surface area contributed by atoms with E-state index in [1.54, 1.807) is 12.1 Å². The number of benzene rings is 1. The molecule has 1 saturated carbocycles. The second-order valence-corrected chi connectivity index (χ2v) is 5.92. The third kappa shape index (κ3) is 2.79. The molecule has 1 aliphatic rings. The molecule has 0 aromatic heterocycles. The molecule has 0 unspecified atom stereocenters. The van der Waals surface area contributed by atoms with Crippen LogP contribution in [-0.4, -0.2) is 21.6 Å². The zero-order valence-corrected chi connectivity index (χ0v) is 10.9. The predicted molar refractivity (Wildman–Crippen MR) is 65.7 cm³/mol. The minimum Gasteiger partial charge on any atom is -0.495 e. The molecule has 94 valence electrons. The Hall–Kier alpha value is -1.07. The molecule has 0 saturated heterocycles. The molecule has 1 aromatic rings. The maximum atomic E-state index is 12.1. The van der Waals surface area contributed by atoms with Crippen LogP contribution in [0.2, 0.25) is 0 Å². The molecule has 1 aromatic carbocycles. The summed E-state index contributed by atoms with van der Waals surface area (Å²) >= 11 is 0. The number of hydrogen-bond donors (Lipinski definition) is 1. The van der Waals surface area contributed by atoms with Crippen molar-refractivity contribution in [2.24, 2.45) is 0 Å². The number of rotatable bonds is 5. The van der Waals surface area contributed by atoms with E-state index in [-0.39, 0.29) is 10.9 Å². The van der Waals surface area contributed by atoms with Gasteiger partial charge in [0.25, 0.3) is 0 Å². The standard InChI is InChI=1S/C12H17NO3S/c1-3-9-4-7-11(16-2)12(8-9)17(14,15)13-10-5-6-10/h4,7-8,10,13H,3,5-6H2,1-2H3. The van der Waals surface area contributed by atoms with Gasteiger partial charge in [0.2, 0.25) is 10.0 Å². The minimum absolute atomic E-state index is 0.106. The topological polar surface area (TPSA) is 55.4 Å². The molecule has 0 heterocycles. The van der Waals surface area contributed by atoms with Gasteiger partial charge in [0.1, 0.15) is 10.6 Å². The zero-order chi connectivity index (χ0) is 12.5. The van der Waals surface area contributed by atoms with Crippen LogP contribution in [0.5, 0.6) is 5.75 Å². The summed E-state index contributed by atoms with van der Waals surface area (Å²) in [6, 6.07) is 5.38. The Morgan fingerprint density at radius 2 is 2.12 bits per heavy atom. The fraction of sp³-hybridized carbons (Fsp3) is 0.500. The monoisotopic (exact) mass is 255 g/mol. The molecule has 0 spiro atoms. The third-order valence-corrected chi connectivity index (χ3v) is 4.37. The average Bonchev–Trinajstić information content (AvgIpc) is 3.11. The van der Waals surface area contributed by atoms with Gasteiger partial charge in [-0.2, -0.15) is 0 Å². The lowest BCUT2D eigenvalue weighted by molar-refractivity contribution is 0.402. The van der Waals surface area contributed by atoms with Crippen LogP contribution in [-0.2, 0) is 16.4 Å². The molecule has 0 aliphatic heterocycles. The number of nitrogens with one attached hydrogen (secondary N) is 1. The van der Waals surface area contributed by atoms with Gasteiger partial charge in [0, 0.05) is 6.04 Å². The van der Waals surface area contributed by atoms with E-state index in [1.807, 2.05) is 13.0 Å². The smallest absolute Gasteiger partial charge is 0.244 e. The van der Waals surface area contributed by atoms with E-state index >= 15 is 0 Å². The van der Waals surface area contributed by atoms with Crippen LogP contribution in [0.1, 0.15) is 25.3 Å². The van der Waals surface area contributed by atoms with Crippen LogP contribution in [0.15, 0.2) is 23.1 Å². The lowest BCUT2D eigenvalue weighted by Crippen LogP contribution is -2.26. The van der Waals surface area contributed by atoms with Gasteiger partial charge < -0.3 is 4.74 Å². The van der Waals surface area contributed by atoms with Gasteiger partial charge in [-0.3, -0.25) is 0 Å². The van der Waals surface area contributed by atoms with Crippen LogP contribution in [0, 0.1) is 0 Å². The number of ether oxygens (including phenoxy) is 1. The maximum Gasteiger partial charge on any atom is 0.244 e. The van der Waals surface area contributed by atoms with E-state index < -0.39 is 10.0 Å². The van der Waals surface area contributed by atoms with Crippen molar-refractivity contribution < 1.29 is 13.2 Å². The van der Waals surface area contributed by atoms with Crippen LogP contribution in [0.4, 0.5) is 0 Å². The van der Waals surface area contributed by atoms with Crippen LogP contribution >= 0.6 is 0 Å². The highest BCUT2D eigenvalue weighted by atomic mass is 32.2. The van der Waals surface area contributed by atoms with Crippen LogP contribution < -0.4 is 9.46 Å². The first-order valence-corrected chi connectivity index (χ1v) is 7.24. The third-order valence-electron chi connectivity index (χ3n) is 2.82. The normalized spacial score (nSPS) is 15.9. The molecule has 5 heteroatoms. The maximum absolute atomic E-state index is 12.1. The van der Waals surface area contributed by atoms with E-state index in [4.69, 9.17) is 4.74 Å². The predicted octanol–water partition coefficient (Wildman–Crippen LogP) is 1.70. The average molecular weight is 255 g/mol. The molecular weight excluding hydrogens is 238 g/mol. The van der Waals surface area contributed by atoms with Gasteiger partial charge >= 0.3 is 0 Å². The van der Waals surface area contributed by atoms with E-state index in [2.05, 4.69) is 4.72 Å². The number of methoxy groups -OCH3 is 1. The summed E-state index contributed by atoms with van der Waals surface area (Å²) in [5.41, 5.74) is 0.988. The molecule has 1 aliphatic carbocycles. The van der Waals surface area contributed by atoms with Crippen molar-refractivity contribution in [1.29, 1.82) is 0 Å². The summed E-state index contributed by atoms with van der Waals surface area (Å²) < 4.78 is 32.1. The summed E-state index contributed by atoms with van der Waals surface area (Å²) in [6.07, 6.45) is 2.65. The number of hydrogen-bond acceptors (Lipinski definition) is 3. The molecule has 0 amide bonds. The Balaban J connectivity index is 2.39. The van der Waals surface area contributed by atoms with Gasteiger partial charge in [-0.15, -0.1) is 0 Å². The van der Waals surface area contributed by atoms with Crippen LogP contribution in [0.3, 0.4) is 0 Å². The van der Waals surface area contributed by atoms with Gasteiger partial charge in [-0.1, -0.05) is 13.0 Å². The Morgan fingerprint density at radius 1 is 1.41 bits per heavy atom. The molecule has 1 fully saturated rings. The van der Waals surface area contributed by atoms with Crippen molar-refractivity contribution in [3.8, 4) is 5.75 Å². The fourth-order valence-electron chi connectivity index (χ4n) is 1.64. The zero-order valence-electron chi connectivity index (χ0n) is 10.1. The highest BCUT2D eigenvalue weighted by Crippen LogP contribution is 2.28. The van der Waals surface area contributed by atoms with Gasteiger partial charge in [0.15, 0.2) is 0 Å². The first kappa shape index (κ1) is 12.4. The highest BCUT2D eigenvalue weighted by molar-refractivity contribution is 7.89. The Morgan fingerprint density at radius 3 is 2.65 bits per heavy atom. The van der Waals surface area contributed by atoms with Crippen molar-refractivity contribution in [3.05, 3.63) is 23.8 Å². The Bertz CT molecular complexity index is 506. The van der Waals surface area contributed by atoms with Crippen molar-refractivity contribution >= 4 is 10.0 Å². The minimum atomic E-state index is -3.45. The summed E-state index contributed by atoms with van der Waals surface area (Å²) in [4.78, 5) is 0.242. The first-order valence-electron chi connectivity index (χ1n) is 5.76. The van der Waals surface area contributed by atoms with Gasteiger partial charge in [-0.05, 0) is 37.0 Å². The molecular formula is C12H17NO3S. The Kier molecular flexibility index (Phi) is 3.40.